The fourth-order valence-corrected chi connectivity index (χ4v) is 6.87. The Kier molecular flexibility index (Phi) is 9.00. The number of ether oxygens (including phenoxy) is 2. The van der Waals surface area contributed by atoms with Crippen LogP contribution in [0.5, 0.6) is 17.2 Å². The number of hydrogen-bond donors (Lipinski definition) is 2. The van der Waals surface area contributed by atoms with Crippen LogP contribution in [0, 0.1) is 17.5 Å². The number of benzene rings is 3. The third-order valence-corrected chi connectivity index (χ3v) is 9.24. The van der Waals surface area contributed by atoms with Crippen LogP contribution in [-0.2, 0) is 33.5 Å². The zero-order valence-corrected chi connectivity index (χ0v) is 26.3. The van der Waals surface area contributed by atoms with Crippen molar-refractivity contribution in [1.82, 2.24) is 14.5 Å². The first-order valence-corrected chi connectivity index (χ1v) is 16.2. The van der Waals surface area contributed by atoms with Gasteiger partial charge in [0.25, 0.3) is 0 Å². The summed E-state index contributed by atoms with van der Waals surface area (Å²) in [7, 11) is -1.38. The lowest BCUT2D eigenvalue weighted by atomic mass is 9.74. The van der Waals surface area contributed by atoms with Crippen molar-refractivity contribution in [1.29, 1.82) is 0 Å². The van der Waals surface area contributed by atoms with Crippen LogP contribution in [0.4, 0.5) is 13.2 Å². The maximum Gasteiger partial charge on any atom is 0.204 e. The highest BCUT2D eigenvalue weighted by atomic mass is 32.2. The number of para-hydroxylation sites is 1. The number of aldehydes is 1. The van der Waals surface area contributed by atoms with Crippen LogP contribution < -0.4 is 9.47 Å². The number of nitrogens with zero attached hydrogens (tertiary/aromatic N) is 2. The van der Waals surface area contributed by atoms with E-state index in [-0.39, 0.29) is 28.0 Å². The number of aliphatic hydroxyl groups excluding tert-OH is 1. The van der Waals surface area contributed by atoms with Gasteiger partial charge in [-0.25, -0.2) is 22.2 Å². The summed E-state index contributed by atoms with van der Waals surface area (Å²) in [4.78, 5) is 17.8. The second-order valence-electron chi connectivity index (χ2n) is 11.1. The van der Waals surface area contributed by atoms with Crippen molar-refractivity contribution in [2.24, 2.45) is 7.05 Å². The highest BCUT2D eigenvalue weighted by molar-refractivity contribution is 7.91. The predicted octanol–water partition coefficient (Wildman–Crippen LogP) is 6.01. The lowest BCUT2D eigenvalue weighted by Gasteiger charge is -2.35. The monoisotopic (exact) mass is 655 g/mol. The summed E-state index contributed by atoms with van der Waals surface area (Å²) in [5, 5.41) is 6.93. The number of aryl methyl sites for hydroxylation is 2. The summed E-state index contributed by atoms with van der Waals surface area (Å²) >= 11 is 0. The Hall–Kier alpha value is -4.62. The Balaban J connectivity index is 0.00000204. The summed E-state index contributed by atoms with van der Waals surface area (Å²) in [6.45, 7) is 2.45. The molecule has 3 aromatic carbocycles. The molecule has 1 unspecified atom stereocenters. The van der Waals surface area contributed by atoms with E-state index < -0.39 is 43.3 Å². The van der Waals surface area contributed by atoms with E-state index in [1.165, 1.54) is 24.4 Å². The van der Waals surface area contributed by atoms with Crippen molar-refractivity contribution in [3.05, 3.63) is 89.1 Å². The van der Waals surface area contributed by atoms with Crippen molar-refractivity contribution in [2.45, 2.75) is 36.5 Å². The first-order valence-electron chi connectivity index (χ1n) is 14.3. The SMILES string of the molecule is CO.Cn1cc(C2(C)CCOc3c(CCC=O)cccc32)nc1-c1cc(Oc2c(F)c(F)c3[nH]ccc3c2S(C)(=O)=O)ccc1F. The molecule has 9 nitrogen and oxygen atoms in total. The number of nitrogens with one attached hydrogen (secondary N) is 1. The van der Waals surface area contributed by atoms with Crippen LogP contribution in [0.3, 0.4) is 0 Å². The molecule has 6 rings (SSSR count). The molecule has 0 saturated heterocycles. The zero-order chi connectivity index (χ0) is 33.4. The maximum atomic E-state index is 15.3. The minimum atomic E-state index is -4.09. The summed E-state index contributed by atoms with van der Waals surface area (Å²) in [6.07, 6.45) is 6.32. The van der Waals surface area contributed by atoms with Crippen LogP contribution >= 0.6 is 0 Å². The molecule has 1 aliphatic rings. The largest absolute Gasteiger partial charge is 0.493 e. The van der Waals surface area contributed by atoms with Gasteiger partial charge in [-0.05, 0) is 49.6 Å². The van der Waals surface area contributed by atoms with Gasteiger partial charge in [-0.15, -0.1) is 0 Å². The lowest BCUT2D eigenvalue weighted by Crippen LogP contribution is -2.32. The Bertz CT molecular complexity index is 2060. The van der Waals surface area contributed by atoms with Crippen molar-refractivity contribution in [3.8, 4) is 28.6 Å². The van der Waals surface area contributed by atoms with E-state index in [4.69, 9.17) is 19.6 Å². The van der Waals surface area contributed by atoms with Gasteiger partial charge in [-0.1, -0.05) is 18.2 Å². The molecule has 5 aromatic rings. The number of halogens is 3. The molecular formula is C33H32F3N3O6S. The van der Waals surface area contributed by atoms with E-state index in [0.717, 1.165) is 36.8 Å². The fraction of sp³-hybridized carbons (Fsp3) is 0.273. The minimum Gasteiger partial charge on any atom is -0.493 e. The van der Waals surface area contributed by atoms with E-state index >= 15 is 8.78 Å². The first-order chi connectivity index (χ1) is 21.9. The van der Waals surface area contributed by atoms with E-state index in [1.807, 2.05) is 25.1 Å². The highest BCUT2D eigenvalue weighted by Crippen LogP contribution is 2.46. The van der Waals surface area contributed by atoms with Gasteiger partial charge >= 0.3 is 0 Å². The third-order valence-electron chi connectivity index (χ3n) is 8.09. The second-order valence-corrected chi connectivity index (χ2v) is 13.0. The highest BCUT2D eigenvalue weighted by Gasteiger charge is 2.38. The molecule has 0 saturated carbocycles. The Morgan fingerprint density at radius 1 is 1.15 bits per heavy atom. The first kappa shape index (κ1) is 32.8. The van der Waals surface area contributed by atoms with Gasteiger partial charge in [0.05, 0.1) is 23.4 Å². The van der Waals surface area contributed by atoms with Crippen molar-refractivity contribution in [2.75, 3.05) is 20.0 Å². The minimum absolute atomic E-state index is 0.0105. The van der Waals surface area contributed by atoms with Crippen molar-refractivity contribution in [3.63, 3.8) is 0 Å². The van der Waals surface area contributed by atoms with E-state index in [9.17, 15) is 17.6 Å². The molecule has 0 aliphatic carbocycles. The number of fused-ring (bicyclic) bond motifs is 2. The number of hydrogen-bond acceptors (Lipinski definition) is 7. The van der Waals surface area contributed by atoms with Gasteiger partial charge in [0.2, 0.25) is 5.82 Å². The molecule has 0 radical (unpaired) electrons. The van der Waals surface area contributed by atoms with E-state index in [1.54, 1.807) is 17.8 Å². The molecule has 3 heterocycles. The summed E-state index contributed by atoms with van der Waals surface area (Å²) in [5.74, 6) is -3.44. The van der Waals surface area contributed by atoms with Gasteiger partial charge in [0, 0.05) is 55.6 Å². The lowest BCUT2D eigenvalue weighted by molar-refractivity contribution is -0.107. The molecule has 242 valence electrons. The Morgan fingerprint density at radius 2 is 1.91 bits per heavy atom. The number of aliphatic hydroxyl groups is 1. The molecular weight excluding hydrogens is 623 g/mol. The molecule has 2 N–H and O–H groups in total. The number of sulfone groups is 1. The number of rotatable bonds is 8. The normalized spacial score (nSPS) is 15.9. The molecule has 13 heteroatoms. The molecule has 0 spiro atoms. The van der Waals surface area contributed by atoms with Gasteiger partial charge in [-0.2, -0.15) is 4.39 Å². The molecule has 0 bridgehead atoms. The standard InChI is InChI=1S/C32H28F3N3O5S.CH4O/c1-32(12-15-42-28-18(7-5-14-39)6-4-8-22(28)32)24-17-38(2)31(37-24)21-16-19(9-10-23(21)33)43-29-26(35)25(34)27-20(11-13-36-27)30(29)44(3,40)41;1-2/h4,6,8-11,13-14,16-17,36H,5,7,12,15H2,1-3H3;2H,1H3. The van der Waals surface area contributed by atoms with Crippen LogP contribution in [-0.4, -0.2) is 54.3 Å². The van der Waals surface area contributed by atoms with Gasteiger partial charge in [-0.3, -0.25) is 0 Å². The molecule has 2 aromatic heterocycles. The fourth-order valence-electron chi connectivity index (χ4n) is 5.83. The molecule has 0 amide bonds. The van der Waals surface area contributed by atoms with Crippen LogP contribution in [0.15, 0.2) is 59.8 Å². The smallest absolute Gasteiger partial charge is 0.204 e. The average molecular weight is 656 g/mol. The van der Waals surface area contributed by atoms with Crippen molar-refractivity contribution < 1.29 is 41.0 Å². The van der Waals surface area contributed by atoms with Crippen LogP contribution in [0.25, 0.3) is 22.3 Å². The topological polar surface area (TPSA) is 124 Å². The number of aromatic amines is 1. The number of aromatic nitrogens is 3. The van der Waals surface area contributed by atoms with Crippen molar-refractivity contribution >= 4 is 27.0 Å². The van der Waals surface area contributed by atoms with Gasteiger partial charge < -0.3 is 28.9 Å². The van der Waals surface area contributed by atoms with Crippen LogP contribution in [0.1, 0.15) is 36.6 Å². The van der Waals surface area contributed by atoms with E-state index in [0.29, 0.717) is 37.3 Å². The maximum absolute atomic E-state index is 15.3. The average Bonchev–Trinajstić information content (AvgIpc) is 3.67. The number of carbonyl (C=O) groups is 1. The van der Waals surface area contributed by atoms with Crippen LogP contribution in [0.2, 0.25) is 0 Å². The zero-order valence-electron chi connectivity index (χ0n) is 25.5. The third kappa shape index (κ3) is 5.64. The molecule has 46 heavy (non-hydrogen) atoms. The molecule has 0 fully saturated rings. The molecule has 1 atom stereocenters. The Morgan fingerprint density at radius 3 is 2.63 bits per heavy atom. The summed E-state index contributed by atoms with van der Waals surface area (Å²) in [6, 6.07) is 10.7. The second kappa shape index (κ2) is 12.6. The van der Waals surface area contributed by atoms with E-state index in [2.05, 4.69) is 4.98 Å². The number of imidazole rings is 1. The van der Waals surface area contributed by atoms with Gasteiger partial charge in [0.15, 0.2) is 21.4 Å². The Labute approximate surface area is 263 Å². The summed E-state index contributed by atoms with van der Waals surface area (Å²) in [5.41, 5.74) is 1.58. The number of carbonyl (C=O) groups excluding carboxylic acids is 1. The van der Waals surface area contributed by atoms with Gasteiger partial charge in [0.1, 0.15) is 34.3 Å². The summed E-state index contributed by atoms with van der Waals surface area (Å²) < 4.78 is 84.1. The quantitative estimate of drug-likeness (QED) is 0.155. The number of H-pyrrole nitrogens is 1. The predicted molar refractivity (Wildman–Crippen MR) is 166 cm³/mol. The molecule has 1 aliphatic heterocycles.